The largest absolute Gasteiger partial charge is 0.391 e. The van der Waals surface area contributed by atoms with E-state index in [0.29, 0.717) is 35.0 Å². The third kappa shape index (κ3) is 5.71. The van der Waals surface area contributed by atoms with Crippen molar-refractivity contribution in [2.45, 2.75) is 77.4 Å². The molecule has 0 radical (unpaired) electrons. The molecule has 2 fully saturated rings. The SMILES string of the molecule is CC(C)NC[C@H](O)Cc1ccc(Cl)c(C(=O)NCC23CCCC(CCC2)C3)c1. The van der Waals surface area contributed by atoms with Gasteiger partial charge in [0.25, 0.3) is 5.91 Å². The van der Waals surface area contributed by atoms with Crippen molar-refractivity contribution in [3.05, 3.63) is 34.3 Å². The summed E-state index contributed by atoms with van der Waals surface area (Å²) in [4.78, 5) is 12.8. The molecule has 3 N–H and O–H groups in total. The van der Waals surface area contributed by atoms with E-state index in [0.717, 1.165) is 18.0 Å². The van der Waals surface area contributed by atoms with E-state index in [9.17, 15) is 9.90 Å². The fourth-order valence-corrected chi connectivity index (χ4v) is 5.23. The number of amides is 1. The number of aliphatic hydroxyl groups is 1. The van der Waals surface area contributed by atoms with Crippen molar-refractivity contribution in [1.29, 1.82) is 0 Å². The van der Waals surface area contributed by atoms with Gasteiger partial charge in [0.05, 0.1) is 16.7 Å². The van der Waals surface area contributed by atoms with Crippen LogP contribution in [0.2, 0.25) is 5.02 Å². The zero-order valence-corrected chi connectivity index (χ0v) is 18.0. The molecular formula is C23H35ClN2O2. The van der Waals surface area contributed by atoms with Crippen LogP contribution in [0.5, 0.6) is 0 Å². The Hall–Kier alpha value is -1.10. The van der Waals surface area contributed by atoms with Crippen LogP contribution in [-0.2, 0) is 6.42 Å². The Bertz CT molecular complexity index is 667. The molecule has 5 heteroatoms. The quantitative estimate of drug-likeness (QED) is 0.602. The molecule has 2 aliphatic carbocycles. The molecule has 1 aromatic carbocycles. The third-order valence-electron chi connectivity index (χ3n) is 6.49. The third-order valence-corrected chi connectivity index (χ3v) is 6.82. The summed E-state index contributed by atoms with van der Waals surface area (Å²) in [5.41, 5.74) is 1.74. The molecule has 1 amide bonds. The number of rotatable bonds is 8. The van der Waals surface area contributed by atoms with Crippen molar-refractivity contribution in [2.75, 3.05) is 13.1 Å². The predicted molar refractivity (Wildman–Crippen MR) is 115 cm³/mol. The first-order valence-corrected chi connectivity index (χ1v) is 11.2. The second-order valence-corrected chi connectivity index (χ2v) is 9.68. The van der Waals surface area contributed by atoms with E-state index >= 15 is 0 Å². The van der Waals surface area contributed by atoms with Gasteiger partial charge >= 0.3 is 0 Å². The van der Waals surface area contributed by atoms with Gasteiger partial charge in [-0.15, -0.1) is 0 Å². The minimum atomic E-state index is -0.486. The molecule has 0 saturated heterocycles. The number of nitrogens with one attached hydrogen (secondary N) is 2. The van der Waals surface area contributed by atoms with Crippen molar-refractivity contribution in [3.63, 3.8) is 0 Å². The minimum absolute atomic E-state index is 0.0938. The topological polar surface area (TPSA) is 61.4 Å². The van der Waals surface area contributed by atoms with Gasteiger partial charge < -0.3 is 15.7 Å². The van der Waals surface area contributed by atoms with Crippen molar-refractivity contribution >= 4 is 17.5 Å². The highest BCUT2D eigenvalue weighted by molar-refractivity contribution is 6.33. The monoisotopic (exact) mass is 406 g/mol. The van der Waals surface area contributed by atoms with Gasteiger partial charge in [-0.3, -0.25) is 4.79 Å². The number of benzene rings is 1. The lowest BCUT2D eigenvalue weighted by atomic mass is 9.62. The minimum Gasteiger partial charge on any atom is -0.391 e. The molecule has 156 valence electrons. The van der Waals surface area contributed by atoms with Gasteiger partial charge in [0.1, 0.15) is 0 Å². The number of carbonyl (C=O) groups excluding carboxylic acids is 1. The number of aliphatic hydroxyl groups excluding tert-OH is 1. The van der Waals surface area contributed by atoms with Gasteiger partial charge in [-0.2, -0.15) is 0 Å². The zero-order chi connectivity index (χ0) is 20.1. The average Bonchev–Trinajstić information content (AvgIpc) is 2.66. The van der Waals surface area contributed by atoms with Crippen LogP contribution in [0.25, 0.3) is 0 Å². The highest BCUT2D eigenvalue weighted by Gasteiger charge is 2.39. The maximum atomic E-state index is 12.8. The zero-order valence-electron chi connectivity index (χ0n) is 17.3. The first kappa shape index (κ1) is 21.6. The lowest BCUT2D eigenvalue weighted by Crippen LogP contribution is -2.43. The molecular weight excluding hydrogens is 372 g/mol. The molecule has 2 saturated carbocycles. The first-order chi connectivity index (χ1) is 13.4. The average molecular weight is 407 g/mol. The van der Waals surface area contributed by atoms with Crippen molar-refractivity contribution in [2.24, 2.45) is 11.3 Å². The summed E-state index contributed by atoms with van der Waals surface area (Å²) in [6.07, 6.45) is 9.03. The molecule has 0 aliphatic heterocycles. The summed E-state index contributed by atoms with van der Waals surface area (Å²) in [7, 11) is 0. The Balaban J connectivity index is 1.60. The van der Waals surface area contributed by atoms with Crippen LogP contribution in [-0.4, -0.2) is 36.2 Å². The standard InChI is InChI=1S/C23H35ClN2O2/c1-16(2)25-14-19(27)11-18-7-8-21(24)20(12-18)22(28)26-15-23-9-3-5-17(13-23)6-4-10-23/h7-8,12,16-17,19,25,27H,3-6,9-11,13-15H2,1-2H3,(H,26,28)/t17?,19-,23?/m1/s1. The highest BCUT2D eigenvalue weighted by Crippen LogP contribution is 2.48. The number of fused-ring (bicyclic) bond motifs is 2. The Morgan fingerprint density at radius 1 is 1.29 bits per heavy atom. The van der Waals surface area contributed by atoms with E-state index in [1.165, 1.54) is 44.9 Å². The van der Waals surface area contributed by atoms with Gasteiger partial charge in [-0.05, 0) is 54.7 Å². The molecule has 4 nitrogen and oxygen atoms in total. The maximum Gasteiger partial charge on any atom is 0.252 e. The summed E-state index contributed by atoms with van der Waals surface area (Å²) < 4.78 is 0. The second kappa shape index (κ2) is 9.60. The van der Waals surface area contributed by atoms with Gasteiger partial charge in [0.2, 0.25) is 0 Å². The molecule has 2 aliphatic rings. The van der Waals surface area contributed by atoms with Crippen LogP contribution in [0.3, 0.4) is 0 Å². The van der Waals surface area contributed by atoms with Crippen LogP contribution in [0.4, 0.5) is 0 Å². The Kier molecular flexibility index (Phi) is 7.41. The van der Waals surface area contributed by atoms with E-state index in [2.05, 4.69) is 24.5 Å². The Morgan fingerprint density at radius 3 is 2.68 bits per heavy atom. The summed E-state index contributed by atoms with van der Waals surface area (Å²) in [6.45, 7) is 5.39. The lowest BCUT2D eigenvalue weighted by molar-refractivity contribution is 0.0681. The predicted octanol–water partition coefficient (Wildman–Crippen LogP) is 4.33. The van der Waals surface area contributed by atoms with Crippen LogP contribution in [0.1, 0.15) is 74.7 Å². The number of hydrogen-bond donors (Lipinski definition) is 3. The van der Waals surface area contributed by atoms with Gasteiger partial charge in [-0.1, -0.05) is 57.2 Å². The van der Waals surface area contributed by atoms with Crippen LogP contribution >= 0.6 is 11.6 Å². The van der Waals surface area contributed by atoms with E-state index in [4.69, 9.17) is 11.6 Å². The number of halogens is 1. The molecule has 1 atom stereocenters. The van der Waals surface area contributed by atoms with Crippen molar-refractivity contribution < 1.29 is 9.90 Å². The molecule has 0 heterocycles. The number of hydrogen-bond acceptors (Lipinski definition) is 3. The molecule has 0 spiro atoms. The smallest absolute Gasteiger partial charge is 0.252 e. The molecule has 0 unspecified atom stereocenters. The molecule has 3 rings (SSSR count). The number of carbonyl (C=O) groups is 1. The molecule has 2 bridgehead atoms. The van der Waals surface area contributed by atoms with E-state index in [1.54, 1.807) is 6.07 Å². The van der Waals surface area contributed by atoms with E-state index < -0.39 is 6.10 Å². The van der Waals surface area contributed by atoms with E-state index in [-0.39, 0.29) is 5.91 Å². The Labute approximate surface area is 174 Å². The second-order valence-electron chi connectivity index (χ2n) is 9.27. The van der Waals surface area contributed by atoms with Crippen molar-refractivity contribution in [1.82, 2.24) is 10.6 Å². The van der Waals surface area contributed by atoms with Crippen LogP contribution in [0, 0.1) is 11.3 Å². The van der Waals surface area contributed by atoms with Crippen molar-refractivity contribution in [3.8, 4) is 0 Å². The van der Waals surface area contributed by atoms with E-state index in [1.807, 2.05) is 12.1 Å². The molecule has 0 aromatic heterocycles. The molecule has 28 heavy (non-hydrogen) atoms. The maximum absolute atomic E-state index is 12.8. The summed E-state index contributed by atoms with van der Waals surface area (Å²) in [5, 5.41) is 17.1. The highest BCUT2D eigenvalue weighted by atomic mass is 35.5. The Morgan fingerprint density at radius 2 is 2.00 bits per heavy atom. The van der Waals surface area contributed by atoms with Gasteiger partial charge in [0.15, 0.2) is 0 Å². The first-order valence-electron chi connectivity index (χ1n) is 10.8. The summed E-state index contributed by atoms with van der Waals surface area (Å²) in [6, 6.07) is 5.82. The fourth-order valence-electron chi connectivity index (χ4n) is 5.02. The molecule has 1 aromatic rings. The summed E-state index contributed by atoms with van der Waals surface area (Å²) >= 11 is 6.32. The van der Waals surface area contributed by atoms with Crippen LogP contribution < -0.4 is 10.6 Å². The van der Waals surface area contributed by atoms with Gasteiger partial charge in [-0.25, -0.2) is 0 Å². The van der Waals surface area contributed by atoms with Gasteiger partial charge in [0, 0.05) is 19.1 Å². The lowest BCUT2D eigenvalue weighted by Gasteiger charge is -2.45. The fraction of sp³-hybridized carbons (Fsp3) is 0.696. The summed E-state index contributed by atoms with van der Waals surface area (Å²) in [5.74, 6) is 0.760. The van der Waals surface area contributed by atoms with Crippen LogP contribution in [0.15, 0.2) is 18.2 Å². The normalized spacial score (nSPS) is 25.5.